The molecule has 23 heavy (non-hydrogen) atoms. The van der Waals surface area contributed by atoms with Crippen molar-refractivity contribution in [2.45, 2.75) is 37.9 Å². The maximum atomic E-state index is 11.9. The zero-order valence-corrected chi connectivity index (χ0v) is 15.3. The Kier molecular flexibility index (Phi) is 6.85. The van der Waals surface area contributed by atoms with Crippen molar-refractivity contribution < 1.29 is 9.53 Å². The number of ketones is 1. The van der Waals surface area contributed by atoms with Gasteiger partial charge in [-0.3, -0.25) is 4.79 Å². The molecule has 0 aliphatic heterocycles. The van der Waals surface area contributed by atoms with Gasteiger partial charge in [0.25, 0.3) is 0 Å². The quantitative estimate of drug-likeness (QED) is 0.327. The molecule has 0 aliphatic carbocycles. The van der Waals surface area contributed by atoms with Crippen LogP contribution in [0.3, 0.4) is 0 Å². The lowest BCUT2D eigenvalue weighted by atomic mass is 10.0. The number of carbonyl (C=O) groups excluding carboxylic acids is 1. The summed E-state index contributed by atoms with van der Waals surface area (Å²) in [4.78, 5) is 11.8. The van der Waals surface area contributed by atoms with Crippen LogP contribution in [0.15, 0.2) is 48.5 Å². The standard InChI is InChI=1S/C20H23BrO2/c1-3-4-5-14-23-19-12-10-17(11-13-19)16-6-8-18(9-7-16)20(22)15(2)21/h6-13,15H,3-5,14H2,1-2H3. The topological polar surface area (TPSA) is 26.3 Å². The summed E-state index contributed by atoms with van der Waals surface area (Å²) in [7, 11) is 0. The second-order valence-corrected chi connectivity index (χ2v) is 7.01. The van der Waals surface area contributed by atoms with E-state index in [-0.39, 0.29) is 10.6 Å². The maximum Gasteiger partial charge on any atom is 0.176 e. The molecule has 0 radical (unpaired) electrons. The Hall–Kier alpha value is -1.61. The number of unbranched alkanes of at least 4 members (excludes halogenated alkanes) is 2. The van der Waals surface area contributed by atoms with Crippen LogP contribution in [-0.4, -0.2) is 17.2 Å². The summed E-state index contributed by atoms with van der Waals surface area (Å²) in [5, 5.41) is 0. The molecule has 2 aromatic rings. The molecule has 0 saturated heterocycles. The molecule has 0 fully saturated rings. The predicted octanol–water partition coefficient (Wildman–Crippen LogP) is 5.89. The van der Waals surface area contributed by atoms with Crippen LogP contribution < -0.4 is 4.74 Å². The molecule has 3 heteroatoms. The molecule has 2 rings (SSSR count). The van der Waals surface area contributed by atoms with Gasteiger partial charge in [0.15, 0.2) is 5.78 Å². The highest BCUT2D eigenvalue weighted by Crippen LogP contribution is 2.23. The van der Waals surface area contributed by atoms with Gasteiger partial charge in [-0.2, -0.15) is 0 Å². The first-order chi connectivity index (χ1) is 11.1. The monoisotopic (exact) mass is 374 g/mol. The SMILES string of the molecule is CCCCCOc1ccc(-c2ccc(C(=O)C(C)Br)cc2)cc1. The van der Waals surface area contributed by atoms with Crippen molar-refractivity contribution in [3.8, 4) is 16.9 Å². The third kappa shape index (κ3) is 5.21. The number of alkyl halides is 1. The van der Waals surface area contributed by atoms with Crippen molar-refractivity contribution in [1.82, 2.24) is 0 Å². The Labute approximate surface area is 147 Å². The number of benzene rings is 2. The van der Waals surface area contributed by atoms with Gasteiger partial charge in [-0.25, -0.2) is 0 Å². The Bertz CT molecular complexity index is 615. The molecule has 0 aliphatic rings. The molecule has 0 N–H and O–H groups in total. The molecule has 0 amide bonds. The summed E-state index contributed by atoms with van der Waals surface area (Å²) < 4.78 is 5.73. The molecule has 0 bridgehead atoms. The maximum absolute atomic E-state index is 11.9. The lowest BCUT2D eigenvalue weighted by Gasteiger charge is -2.08. The average Bonchev–Trinajstić information content (AvgIpc) is 2.59. The summed E-state index contributed by atoms with van der Waals surface area (Å²) in [5.41, 5.74) is 2.95. The van der Waals surface area contributed by atoms with Crippen LogP contribution >= 0.6 is 15.9 Å². The Morgan fingerprint density at radius 1 is 1.00 bits per heavy atom. The second kappa shape index (κ2) is 8.88. The minimum atomic E-state index is -0.155. The van der Waals surface area contributed by atoms with Crippen molar-refractivity contribution in [3.63, 3.8) is 0 Å². The molecule has 0 spiro atoms. The molecule has 0 saturated carbocycles. The van der Waals surface area contributed by atoms with Crippen LogP contribution in [0.5, 0.6) is 5.75 Å². The van der Waals surface area contributed by atoms with Crippen molar-refractivity contribution in [2.24, 2.45) is 0 Å². The summed E-state index contributed by atoms with van der Waals surface area (Å²) in [5.74, 6) is 1.01. The lowest BCUT2D eigenvalue weighted by Crippen LogP contribution is -2.09. The summed E-state index contributed by atoms with van der Waals surface area (Å²) in [6, 6.07) is 15.8. The minimum Gasteiger partial charge on any atom is -0.494 e. The number of Topliss-reactive ketones (excluding diaryl/α,β-unsaturated/α-hetero) is 1. The Morgan fingerprint density at radius 3 is 2.09 bits per heavy atom. The third-order valence-electron chi connectivity index (χ3n) is 3.73. The highest BCUT2D eigenvalue weighted by atomic mass is 79.9. The number of hydrogen-bond acceptors (Lipinski definition) is 2. The predicted molar refractivity (Wildman–Crippen MR) is 99.6 cm³/mol. The van der Waals surface area contributed by atoms with E-state index in [0.717, 1.165) is 35.5 Å². The number of hydrogen-bond donors (Lipinski definition) is 0. The minimum absolute atomic E-state index is 0.104. The van der Waals surface area contributed by atoms with E-state index in [4.69, 9.17) is 4.74 Å². The zero-order chi connectivity index (χ0) is 16.7. The van der Waals surface area contributed by atoms with E-state index in [9.17, 15) is 4.79 Å². The lowest BCUT2D eigenvalue weighted by molar-refractivity contribution is 0.0996. The van der Waals surface area contributed by atoms with Crippen LogP contribution in [0.2, 0.25) is 0 Å². The van der Waals surface area contributed by atoms with Gasteiger partial charge in [-0.05, 0) is 36.6 Å². The van der Waals surface area contributed by atoms with Crippen molar-refractivity contribution in [1.29, 1.82) is 0 Å². The number of halogens is 1. The first kappa shape index (κ1) is 17.7. The molecule has 0 heterocycles. The Morgan fingerprint density at radius 2 is 1.57 bits per heavy atom. The number of ether oxygens (including phenoxy) is 1. The highest BCUT2D eigenvalue weighted by molar-refractivity contribution is 9.10. The van der Waals surface area contributed by atoms with Crippen LogP contribution in [0.4, 0.5) is 0 Å². The fraction of sp³-hybridized carbons (Fsp3) is 0.350. The van der Waals surface area contributed by atoms with Crippen LogP contribution in [-0.2, 0) is 0 Å². The fourth-order valence-electron chi connectivity index (χ4n) is 2.34. The van der Waals surface area contributed by atoms with Crippen LogP contribution in [0.1, 0.15) is 43.5 Å². The third-order valence-corrected chi connectivity index (χ3v) is 4.15. The van der Waals surface area contributed by atoms with Gasteiger partial charge in [0, 0.05) is 5.56 Å². The van der Waals surface area contributed by atoms with E-state index in [2.05, 4.69) is 35.0 Å². The summed E-state index contributed by atoms with van der Waals surface area (Å²) in [6.45, 7) is 4.80. The van der Waals surface area contributed by atoms with Gasteiger partial charge in [-0.1, -0.05) is 72.1 Å². The normalized spacial score (nSPS) is 12.0. The van der Waals surface area contributed by atoms with Crippen LogP contribution in [0.25, 0.3) is 11.1 Å². The molecule has 2 nitrogen and oxygen atoms in total. The van der Waals surface area contributed by atoms with Crippen LogP contribution in [0, 0.1) is 0 Å². The highest BCUT2D eigenvalue weighted by Gasteiger charge is 2.11. The van der Waals surface area contributed by atoms with Gasteiger partial charge in [0.2, 0.25) is 0 Å². The zero-order valence-electron chi connectivity index (χ0n) is 13.7. The molecule has 0 aromatic heterocycles. The van der Waals surface area contributed by atoms with Gasteiger partial charge in [0.05, 0.1) is 11.4 Å². The van der Waals surface area contributed by atoms with Gasteiger partial charge >= 0.3 is 0 Å². The first-order valence-electron chi connectivity index (χ1n) is 8.13. The van der Waals surface area contributed by atoms with Gasteiger partial charge in [0.1, 0.15) is 5.75 Å². The van der Waals surface area contributed by atoms with E-state index >= 15 is 0 Å². The fourth-order valence-corrected chi connectivity index (χ4v) is 2.61. The molecule has 1 unspecified atom stereocenters. The van der Waals surface area contributed by atoms with E-state index in [1.165, 1.54) is 12.8 Å². The van der Waals surface area contributed by atoms with Crippen molar-refractivity contribution >= 4 is 21.7 Å². The largest absolute Gasteiger partial charge is 0.494 e. The smallest absolute Gasteiger partial charge is 0.176 e. The van der Waals surface area contributed by atoms with E-state index in [1.807, 2.05) is 43.3 Å². The van der Waals surface area contributed by atoms with Crippen molar-refractivity contribution in [2.75, 3.05) is 6.61 Å². The summed E-state index contributed by atoms with van der Waals surface area (Å²) >= 11 is 3.31. The summed E-state index contributed by atoms with van der Waals surface area (Å²) in [6.07, 6.45) is 3.50. The molecule has 1 atom stereocenters. The first-order valence-corrected chi connectivity index (χ1v) is 9.05. The number of carbonyl (C=O) groups is 1. The van der Waals surface area contributed by atoms with Crippen molar-refractivity contribution in [3.05, 3.63) is 54.1 Å². The molecular weight excluding hydrogens is 352 g/mol. The van der Waals surface area contributed by atoms with Gasteiger partial charge in [-0.15, -0.1) is 0 Å². The average molecular weight is 375 g/mol. The molecule has 122 valence electrons. The van der Waals surface area contributed by atoms with Gasteiger partial charge < -0.3 is 4.74 Å². The molecular formula is C20H23BrO2. The Balaban J connectivity index is 2.00. The molecule has 2 aromatic carbocycles. The second-order valence-electron chi connectivity index (χ2n) is 5.64. The van der Waals surface area contributed by atoms with E-state index in [0.29, 0.717) is 0 Å². The number of rotatable bonds is 8. The van der Waals surface area contributed by atoms with E-state index in [1.54, 1.807) is 0 Å². The van der Waals surface area contributed by atoms with E-state index < -0.39 is 0 Å².